The van der Waals surface area contributed by atoms with E-state index in [9.17, 15) is 10.2 Å². The van der Waals surface area contributed by atoms with Gasteiger partial charge in [-0.15, -0.1) is 0 Å². The molecule has 0 aromatic rings. The Hall–Kier alpha value is -0.340. The summed E-state index contributed by atoms with van der Waals surface area (Å²) in [6.45, 7) is -9.07. The first kappa shape index (κ1) is 3.10. The number of hydrogen-bond acceptors (Lipinski definition) is 2. The molecule has 0 bridgehead atoms. The summed E-state index contributed by atoms with van der Waals surface area (Å²) in [5, 5.41) is 20.3. The van der Waals surface area contributed by atoms with E-state index in [1.54, 1.807) is 0 Å². The van der Waals surface area contributed by atoms with Crippen LogP contribution in [0.1, 0.15) is 45.7 Å². The van der Waals surface area contributed by atoms with Gasteiger partial charge >= 0.3 is 0 Å². The summed E-state index contributed by atoms with van der Waals surface area (Å²) in [6.07, 6.45) is 1.23. The van der Waals surface area contributed by atoms with Crippen LogP contribution in [-0.4, -0.2) is 21.4 Å². The molecule has 0 amide bonds. The Bertz CT molecular complexity index is 406. The van der Waals surface area contributed by atoms with Gasteiger partial charge in [0.25, 0.3) is 0 Å². The van der Waals surface area contributed by atoms with Crippen molar-refractivity contribution in [1.29, 1.82) is 0 Å². The van der Waals surface area contributed by atoms with Crippen molar-refractivity contribution in [3.63, 3.8) is 0 Å². The summed E-state index contributed by atoms with van der Waals surface area (Å²) in [5.74, 6) is -1.31. The maximum Gasteiger partial charge on any atom is 0.0800 e. The zero-order valence-corrected chi connectivity index (χ0v) is 6.54. The van der Waals surface area contributed by atoms with Gasteiger partial charge in [0.05, 0.1) is 11.2 Å². The Morgan fingerprint density at radius 3 is 2.83 bits per heavy atom. The summed E-state index contributed by atoms with van der Waals surface area (Å²) in [7, 11) is 0. The van der Waals surface area contributed by atoms with Crippen molar-refractivity contribution in [2.45, 2.75) is 44.6 Å². The highest BCUT2D eigenvalue weighted by atomic mass is 16.3. The maximum absolute atomic E-state index is 10.3. The van der Waals surface area contributed by atoms with E-state index in [1.807, 2.05) is 0 Å². The molecule has 0 heterocycles. The van der Waals surface area contributed by atoms with E-state index in [0.717, 1.165) is 12.2 Å². The third kappa shape index (κ3) is 2.32. The average molecular weight is 179 g/mol. The Morgan fingerprint density at radius 2 is 2.42 bits per heavy atom. The second-order valence-corrected chi connectivity index (χ2v) is 3.19. The van der Waals surface area contributed by atoms with Crippen molar-refractivity contribution in [1.82, 2.24) is 0 Å². The van der Waals surface area contributed by atoms with E-state index in [2.05, 4.69) is 0 Å². The minimum Gasteiger partial charge on any atom is -0.390 e. The Kier molecular flexibility index (Phi) is 0.739. The lowest BCUT2D eigenvalue weighted by Crippen LogP contribution is -2.35. The third-order valence-corrected chi connectivity index (χ3v) is 1.98. The maximum atomic E-state index is 10.3. The van der Waals surface area contributed by atoms with Crippen molar-refractivity contribution < 1.29 is 22.5 Å². The van der Waals surface area contributed by atoms with E-state index < -0.39 is 37.7 Å². The Balaban J connectivity index is 3.21. The predicted molar refractivity (Wildman–Crippen MR) is 48.8 cm³/mol. The predicted octanol–water partition coefficient (Wildman–Crippen LogP) is 1.47. The minimum absolute atomic E-state index is 0.265. The van der Waals surface area contributed by atoms with Crippen LogP contribution >= 0.6 is 0 Å². The molecular weight excluding hydrogens is 152 g/mol. The van der Waals surface area contributed by atoms with Gasteiger partial charge in [0.1, 0.15) is 0 Å². The summed E-state index contributed by atoms with van der Waals surface area (Å²) in [6, 6.07) is 0. The first-order valence-corrected chi connectivity index (χ1v) is 3.70. The fourth-order valence-corrected chi connectivity index (χ4v) is 1.18. The number of hydrogen-bond donors (Lipinski definition) is 2. The molecule has 0 fully saturated rings. The van der Waals surface area contributed by atoms with Crippen LogP contribution in [0.15, 0.2) is 12.2 Å². The standard InChI is InChI=1S/C10H18O2/c1-9(2,11)8-4-6-10(3,12)7-5-8/h4,6,8,11-12H,5,7H2,1-3H3/t8-,10-/m0/s1/i1D3,2D3,3D3. The van der Waals surface area contributed by atoms with Crippen LogP contribution in [0.5, 0.6) is 0 Å². The molecule has 2 atom stereocenters. The SMILES string of the molecule is [2H]C([2H])([2H])C(O)([C@H]1C=C[C@@](O)(C([2H])([2H])[2H])CC1)C([2H])([2H])[2H]. The van der Waals surface area contributed by atoms with Gasteiger partial charge in [0.2, 0.25) is 0 Å². The van der Waals surface area contributed by atoms with Gasteiger partial charge < -0.3 is 10.2 Å². The largest absolute Gasteiger partial charge is 0.390 e. The summed E-state index contributed by atoms with van der Waals surface area (Å²) in [4.78, 5) is 0. The van der Waals surface area contributed by atoms with Crippen molar-refractivity contribution >= 4 is 0 Å². The lowest BCUT2D eigenvalue weighted by atomic mass is 9.79. The molecule has 1 rings (SSSR count). The van der Waals surface area contributed by atoms with Gasteiger partial charge in [-0.1, -0.05) is 12.2 Å². The van der Waals surface area contributed by atoms with E-state index >= 15 is 0 Å². The molecule has 2 nitrogen and oxygen atoms in total. The van der Waals surface area contributed by atoms with Crippen molar-refractivity contribution in [3.8, 4) is 0 Å². The first-order chi connectivity index (χ1) is 9.06. The van der Waals surface area contributed by atoms with Crippen molar-refractivity contribution in [2.24, 2.45) is 5.92 Å². The molecule has 2 heteroatoms. The highest BCUT2D eigenvalue weighted by Gasteiger charge is 2.31. The molecule has 0 aliphatic heterocycles. The lowest BCUT2D eigenvalue weighted by Gasteiger charge is -2.33. The second kappa shape index (κ2) is 2.86. The molecule has 12 heavy (non-hydrogen) atoms. The Labute approximate surface area is 86.6 Å². The summed E-state index contributed by atoms with van der Waals surface area (Å²) >= 11 is 0. The smallest absolute Gasteiger partial charge is 0.0800 e. The van der Waals surface area contributed by atoms with Gasteiger partial charge in [-0.05, 0) is 33.4 Å². The molecule has 0 aromatic carbocycles. The van der Waals surface area contributed by atoms with Crippen LogP contribution < -0.4 is 0 Å². The first-order valence-electron chi connectivity index (χ1n) is 8.20. The highest BCUT2D eigenvalue weighted by molar-refractivity contribution is 5.08. The van der Waals surface area contributed by atoms with Gasteiger partial charge in [-0.3, -0.25) is 0 Å². The zero-order valence-electron chi connectivity index (χ0n) is 15.5. The van der Waals surface area contributed by atoms with Gasteiger partial charge in [0.15, 0.2) is 0 Å². The molecule has 0 spiro atoms. The molecular formula is C10H18O2. The topological polar surface area (TPSA) is 40.5 Å². The van der Waals surface area contributed by atoms with E-state index in [4.69, 9.17) is 12.3 Å². The van der Waals surface area contributed by atoms with Crippen LogP contribution in [0.3, 0.4) is 0 Å². The number of rotatable bonds is 1. The molecule has 0 unspecified atom stereocenters. The molecule has 0 aromatic heterocycles. The third-order valence-electron chi connectivity index (χ3n) is 1.98. The van der Waals surface area contributed by atoms with E-state index in [-0.39, 0.29) is 12.8 Å². The summed E-state index contributed by atoms with van der Waals surface area (Å²) in [5.41, 5.74) is -5.14. The zero-order chi connectivity index (χ0) is 16.9. The molecule has 0 saturated heterocycles. The molecule has 70 valence electrons. The minimum atomic E-state index is -3.18. The monoisotopic (exact) mass is 179 g/mol. The van der Waals surface area contributed by atoms with Crippen molar-refractivity contribution in [3.05, 3.63) is 12.2 Å². The lowest BCUT2D eigenvalue weighted by molar-refractivity contribution is 0.0114. The fraction of sp³-hybridized carbons (Fsp3) is 0.800. The van der Waals surface area contributed by atoms with Crippen LogP contribution in [0.4, 0.5) is 0 Å². The summed E-state index contributed by atoms with van der Waals surface area (Å²) < 4.78 is 65.6. The van der Waals surface area contributed by atoms with Crippen LogP contribution in [0.25, 0.3) is 0 Å². The molecule has 0 saturated carbocycles. The van der Waals surface area contributed by atoms with Crippen LogP contribution in [0, 0.1) is 5.92 Å². The van der Waals surface area contributed by atoms with Crippen LogP contribution in [-0.2, 0) is 0 Å². The molecule has 1 aliphatic carbocycles. The van der Waals surface area contributed by atoms with Gasteiger partial charge in [-0.2, -0.15) is 0 Å². The normalized spacial score (nSPS) is 51.2. The van der Waals surface area contributed by atoms with Gasteiger partial charge in [0, 0.05) is 18.3 Å². The van der Waals surface area contributed by atoms with Gasteiger partial charge in [-0.25, -0.2) is 0 Å². The fourth-order valence-electron chi connectivity index (χ4n) is 1.18. The van der Waals surface area contributed by atoms with E-state index in [0.29, 0.717) is 0 Å². The van der Waals surface area contributed by atoms with E-state index in [1.165, 1.54) is 0 Å². The number of aliphatic hydroxyl groups is 2. The molecule has 1 aliphatic rings. The average Bonchev–Trinajstić information content (AvgIpc) is 2.24. The van der Waals surface area contributed by atoms with Crippen LogP contribution in [0.2, 0.25) is 0 Å². The molecule has 0 radical (unpaired) electrons. The van der Waals surface area contributed by atoms with Crippen molar-refractivity contribution in [2.75, 3.05) is 0 Å². The molecule has 2 N–H and O–H groups in total. The second-order valence-electron chi connectivity index (χ2n) is 3.19. The quantitative estimate of drug-likeness (QED) is 0.598. The highest BCUT2D eigenvalue weighted by Crippen LogP contribution is 2.31. The Morgan fingerprint density at radius 1 is 1.67 bits per heavy atom.